The molecule has 2 saturated heterocycles. The van der Waals surface area contributed by atoms with Crippen molar-refractivity contribution in [3.05, 3.63) is 36.0 Å². The molecule has 0 radical (unpaired) electrons. The van der Waals surface area contributed by atoms with Crippen LogP contribution in [-0.4, -0.2) is 55.2 Å². The molecule has 1 N–H and O–H groups in total. The number of rotatable bonds is 3. The van der Waals surface area contributed by atoms with E-state index in [4.69, 9.17) is 21.7 Å². The van der Waals surface area contributed by atoms with E-state index < -0.39 is 11.8 Å². The second-order valence-electron chi connectivity index (χ2n) is 5.29. The summed E-state index contributed by atoms with van der Waals surface area (Å²) in [6, 6.07) is 6.94. The molecule has 24 heavy (non-hydrogen) atoms. The van der Waals surface area contributed by atoms with Crippen LogP contribution in [0, 0.1) is 0 Å². The number of carbonyl (C=O) groups excluding carboxylic acids is 2. The number of morpholine rings is 1. The van der Waals surface area contributed by atoms with E-state index in [-0.39, 0.29) is 10.7 Å². The maximum Gasteiger partial charge on any atom is 0.271 e. The standard InChI is InChI=1S/C16H17N3O4S/c1-22-12-4-2-3-11(9-12)19-15(21)13(14(20)17-16(19)24)10-18-5-7-23-8-6-18/h2-4,9-10H,5-8H2,1H3,(H,17,20,24)/b13-10+. The van der Waals surface area contributed by atoms with Gasteiger partial charge in [0.25, 0.3) is 11.8 Å². The molecule has 0 atom stereocenters. The number of ether oxygens (including phenoxy) is 2. The summed E-state index contributed by atoms with van der Waals surface area (Å²) in [5, 5.41) is 2.62. The minimum atomic E-state index is -0.490. The van der Waals surface area contributed by atoms with Gasteiger partial charge < -0.3 is 14.4 Å². The Kier molecular flexibility index (Phi) is 4.77. The lowest BCUT2D eigenvalue weighted by Crippen LogP contribution is -2.54. The van der Waals surface area contributed by atoms with Gasteiger partial charge in [-0.25, -0.2) is 0 Å². The van der Waals surface area contributed by atoms with Crippen molar-refractivity contribution in [1.29, 1.82) is 0 Å². The molecular weight excluding hydrogens is 330 g/mol. The van der Waals surface area contributed by atoms with Crippen molar-refractivity contribution in [1.82, 2.24) is 10.2 Å². The Labute approximate surface area is 144 Å². The Morgan fingerprint density at radius 3 is 2.75 bits per heavy atom. The molecule has 2 amide bonds. The Morgan fingerprint density at radius 2 is 2.04 bits per heavy atom. The quantitative estimate of drug-likeness (QED) is 0.492. The first-order chi connectivity index (χ1) is 11.6. The van der Waals surface area contributed by atoms with Crippen LogP contribution in [0.25, 0.3) is 0 Å². The fraction of sp³-hybridized carbons (Fsp3) is 0.312. The van der Waals surface area contributed by atoms with Gasteiger partial charge in [-0.15, -0.1) is 0 Å². The highest BCUT2D eigenvalue weighted by Gasteiger charge is 2.35. The van der Waals surface area contributed by atoms with Crippen LogP contribution in [0.3, 0.4) is 0 Å². The SMILES string of the molecule is COc1cccc(N2C(=O)/C(=C/N3CCOCC3)C(=O)NC2=S)c1. The second-order valence-corrected chi connectivity index (χ2v) is 5.68. The Morgan fingerprint density at radius 1 is 1.29 bits per heavy atom. The number of carbonyl (C=O) groups is 2. The topological polar surface area (TPSA) is 71.1 Å². The molecule has 2 fully saturated rings. The van der Waals surface area contributed by atoms with Crippen molar-refractivity contribution >= 4 is 34.8 Å². The Hall–Kier alpha value is -2.45. The van der Waals surface area contributed by atoms with Crippen LogP contribution in [0.2, 0.25) is 0 Å². The smallest absolute Gasteiger partial charge is 0.271 e. The van der Waals surface area contributed by atoms with Crippen LogP contribution >= 0.6 is 12.2 Å². The van der Waals surface area contributed by atoms with Crippen LogP contribution < -0.4 is 15.0 Å². The van der Waals surface area contributed by atoms with E-state index in [0.717, 1.165) is 0 Å². The average molecular weight is 347 g/mol. The molecule has 1 aromatic rings. The first-order valence-corrected chi connectivity index (χ1v) is 7.88. The average Bonchev–Trinajstić information content (AvgIpc) is 2.59. The van der Waals surface area contributed by atoms with E-state index in [0.29, 0.717) is 37.7 Å². The zero-order chi connectivity index (χ0) is 17.1. The number of hydrogen-bond donors (Lipinski definition) is 1. The van der Waals surface area contributed by atoms with Crippen LogP contribution in [0.5, 0.6) is 5.75 Å². The molecule has 1 aromatic carbocycles. The largest absolute Gasteiger partial charge is 0.497 e. The molecule has 0 aliphatic carbocycles. The van der Waals surface area contributed by atoms with E-state index >= 15 is 0 Å². The van der Waals surface area contributed by atoms with Crippen LogP contribution in [0.4, 0.5) is 5.69 Å². The first kappa shape index (κ1) is 16.4. The fourth-order valence-electron chi connectivity index (χ4n) is 2.52. The highest BCUT2D eigenvalue weighted by molar-refractivity contribution is 7.80. The van der Waals surface area contributed by atoms with E-state index in [1.807, 2.05) is 4.90 Å². The summed E-state index contributed by atoms with van der Waals surface area (Å²) in [5.41, 5.74) is 0.588. The van der Waals surface area contributed by atoms with Crippen molar-refractivity contribution in [3.63, 3.8) is 0 Å². The van der Waals surface area contributed by atoms with Crippen LogP contribution in [0.1, 0.15) is 0 Å². The van der Waals surface area contributed by atoms with Crippen molar-refractivity contribution in [3.8, 4) is 5.75 Å². The molecule has 7 nitrogen and oxygen atoms in total. The molecular formula is C16H17N3O4S. The number of hydrogen-bond acceptors (Lipinski definition) is 6. The van der Waals surface area contributed by atoms with E-state index in [2.05, 4.69) is 5.32 Å². The predicted molar refractivity (Wildman–Crippen MR) is 91.7 cm³/mol. The van der Waals surface area contributed by atoms with Crippen LogP contribution in [0.15, 0.2) is 36.0 Å². The lowest BCUT2D eigenvalue weighted by atomic mass is 10.1. The Balaban J connectivity index is 1.92. The molecule has 2 aliphatic rings. The van der Waals surface area contributed by atoms with Gasteiger partial charge in [-0.2, -0.15) is 0 Å². The molecule has 126 valence electrons. The molecule has 0 unspecified atom stereocenters. The lowest BCUT2D eigenvalue weighted by molar-refractivity contribution is -0.122. The molecule has 2 heterocycles. The van der Waals surface area contributed by atoms with E-state index in [1.165, 1.54) is 4.90 Å². The molecule has 0 bridgehead atoms. The zero-order valence-corrected chi connectivity index (χ0v) is 14.0. The fourth-order valence-corrected chi connectivity index (χ4v) is 2.80. The number of amides is 2. The van der Waals surface area contributed by atoms with Gasteiger partial charge in [-0.1, -0.05) is 6.07 Å². The number of anilines is 1. The maximum atomic E-state index is 12.8. The summed E-state index contributed by atoms with van der Waals surface area (Å²) in [4.78, 5) is 28.2. The van der Waals surface area contributed by atoms with Crippen molar-refractivity contribution < 1.29 is 19.1 Å². The first-order valence-electron chi connectivity index (χ1n) is 7.47. The summed E-state index contributed by atoms with van der Waals surface area (Å²) < 4.78 is 10.5. The van der Waals surface area contributed by atoms with Gasteiger partial charge in [0, 0.05) is 25.4 Å². The minimum absolute atomic E-state index is 0.0494. The third-order valence-electron chi connectivity index (χ3n) is 3.77. The monoisotopic (exact) mass is 347 g/mol. The summed E-state index contributed by atoms with van der Waals surface area (Å²) in [5.74, 6) is -0.349. The third-order valence-corrected chi connectivity index (χ3v) is 4.06. The number of benzene rings is 1. The zero-order valence-electron chi connectivity index (χ0n) is 13.2. The van der Waals surface area contributed by atoms with Gasteiger partial charge in [-0.05, 0) is 24.4 Å². The van der Waals surface area contributed by atoms with Crippen molar-refractivity contribution in [2.24, 2.45) is 0 Å². The number of nitrogens with zero attached hydrogens (tertiary/aromatic N) is 2. The van der Waals surface area contributed by atoms with Gasteiger partial charge in [0.05, 0.1) is 26.0 Å². The Bertz CT molecular complexity index is 713. The van der Waals surface area contributed by atoms with Gasteiger partial charge in [-0.3, -0.25) is 19.8 Å². The van der Waals surface area contributed by atoms with Crippen molar-refractivity contribution in [2.45, 2.75) is 0 Å². The molecule has 2 aliphatic heterocycles. The van der Waals surface area contributed by atoms with Gasteiger partial charge in [0.2, 0.25) is 0 Å². The summed E-state index contributed by atoms with van der Waals surface area (Å²) in [6.45, 7) is 2.40. The van der Waals surface area contributed by atoms with Gasteiger partial charge >= 0.3 is 0 Å². The second kappa shape index (κ2) is 6.98. The number of thiocarbonyl (C=S) groups is 1. The maximum absolute atomic E-state index is 12.8. The van der Waals surface area contributed by atoms with E-state index in [9.17, 15) is 9.59 Å². The summed E-state index contributed by atoms with van der Waals surface area (Å²) in [7, 11) is 1.54. The van der Waals surface area contributed by atoms with Crippen molar-refractivity contribution in [2.75, 3.05) is 38.3 Å². The van der Waals surface area contributed by atoms with E-state index in [1.54, 1.807) is 37.6 Å². The highest BCUT2D eigenvalue weighted by Crippen LogP contribution is 2.25. The van der Waals surface area contributed by atoms with Gasteiger partial charge in [0.15, 0.2) is 5.11 Å². The molecule has 0 spiro atoms. The molecule has 0 saturated carbocycles. The van der Waals surface area contributed by atoms with Crippen LogP contribution in [-0.2, 0) is 14.3 Å². The minimum Gasteiger partial charge on any atom is -0.497 e. The molecule has 0 aromatic heterocycles. The summed E-state index contributed by atoms with van der Waals surface area (Å²) >= 11 is 5.17. The molecule has 8 heteroatoms. The number of nitrogens with one attached hydrogen (secondary N) is 1. The molecule has 3 rings (SSSR count). The number of methoxy groups -OCH3 is 1. The normalized spacial score (nSPS) is 20.4. The van der Waals surface area contributed by atoms with Gasteiger partial charge in [0.1, 0.15) is 11.3 Å². The summed E-state index contributed by atoms with van der Waals surface area (Å²) in [6.07, 6.45) is 1.58. The highest BCUT2D eigenvalue weighted by atomic mass is 32.1. The predicted octanol–water partition coefficient (Wildman–Crippen LogP) is 0.659. The lowest BCUT2D eigenvalue weighted by Gasteiger charge is -2.31. The third kappa shape index (κ3) is 3.24.